The Morgan fingerprint density at radius 1 is 1.00 bits per heavy atom. The molecule has 0 heterocycles. The van der Waals surface area contributed by atoms with Gasteiger partial charge in [-0.3, -0.25) is 4.79 Å². The largest absolute Gasteiger partial charge is 0.481 e. The first-order valence-electron chi connectivity index (χ1n) is 8.55. The molecule has 0 aromatic carbocycles. The van der Waals surface area contributed by atoms with Gasteiger partial charge in [-0.2, -0.15) is 0 Å². The Bertz CT molecular complexity index is 343. The summed E-state index contributed by atoms with van der Waals surface area (Å²) in [5, 5.41) is 18.2. The van der Waals surface area contributed by atoms with Crippen LogP contribution in [0, 0.1) is 0 Å². The second-order valence-electron chi connectivity index (χ2n) is 5.58. The van der Waals surface area contributed by atoms with Crippen molar-refractivity contribution >= 4 is 5.97 Å². The number of unbranched alkanes of at least 4 members (excludes halogenated alkanes) is 5. The van der Waals surface area contributed by atoms with Gasteiger partial charge in [0.05, 0.1) is 6.10 Å². The van der Waals surface area contributed by atoms with Crippen LogP contribution in [0.5, 0.6) is 0 Å². The van der Waals surface area contributed by atoms with Gasteiger partial charge < -0.3 is 10.2 Å². The van der Waals surface area contributed by atoms with Crippen LogP contribution in [0.4, 0.5) is 0 Å². The number of aliphatic carboxylic acids is 1. The number of hydrogen-bond donors (Lipinski definition) is 2. The number of aliphatic hydroxyl groups is 1. The van der Waals surface area contributed by atoms with Crippen molar-refractivity contribution in [1.82, 2.24) is 0 Å². The van der Waals surface area contributed by atoms with E-state index in [-0.39, 0.29) is 12.5 Å². The lowest BCUT2D eigenvalue weighted by Gasteiger charge is -2.02. The summed E-state index contributed by atoms with van der Waals surface area (Å²) >= 11 is 0. The lowest BCUT2D eigenvalue weighted by Crippen LogP contribution is -2.00. The molecular weight excluding hydrogens is 276 g/mol. The lowest BCUT2D eigenvalue weighted by molar-refractivity contribution is -0.137. The number of rotatable bonds is 14. The van der Waals surface area contributed by atoms with Gasteiger partial charge in [0.25, 0.3) is 0 Å². The zero-order valence-electron chi connectivity index (χ0n) is 13.9. The van der Waals surface area contributed by atoms with E-state index in [1.807, 2.05) is 18.2 Å². The van der Waals surface area contributed by atoms with E-state index >= 15 is 0 Å². The van der Waals surface area contributed by atoms with Crippen LogP contribution < -0.4 is 0 Å². The highest BCUT2D eigenvalue weighted by molar-refractivity contribution is 5.66. The molecule has 1 atom stereocenters. The smallest absolute Gasteiger partial charge is 0.303 e. The Morgan fingerprint density at radius 2 is 1.82 bits per heavy atom. The zero-order chi connectivity index (χ0) is 16.5. The van der Waals surface area contributed by atoms with Crippen molar-refractivity contribution in [1.29, 1.82) is 0 Å². The molecule has 0 aromatic rings. The number of hydrogen-bond acceptors (Lipinski definition) is 2. The van der Waals surface area contributed by atoms with Gasteiger partial charge in [-0.15, -0.1) is 0 Å². The van der Waals surface area contributed by atoms with Gasteiger partial charge in [-0.1, -0.05) is 69.1 Å². The second-order valence-corrected chi connectivity index (χ2v) is 5.58. The molecule has 0 aliphatic rings. The summed E-state index contributed by atoms with van der Waals surface area (Å²) in [5.41, 5.74) is 0. The van der Waals surface area contributed by atoms with Crippen molar-refractivity contribution in [2.24, 2.45) is 0 Å². The molecule has 0 fully saturated rings. The molecule has 3 nitrogen and oxygen atoms in total. The predicted octanol–water partition coefficient (Wildman–Crippen LogP) is 5.02. The SMILES string of the molecule is CCCCCC(O)C=CC=CCC=CCCCCCC(=O)O. The first-order valence-corrected chi connectivity index (χ1v) is 8.55. The first-order chi connectivity index (χ1) is 10.7. The average Bonchev–Trinajstić information content (AvgIpc) is 2.48. The minimum Gasteiger partial charge on any atom is -0.481 e. The summed E-state index contributed by atoms with van der Waals surface area (Å²) in [6, 6.07) is 0. The van der Waals surface area contributed by atoms with Gasteiger partial charge in [0, 0.05) is 6.42 Å². The molecule has 0 amide bonds. The summed E-state index contributed by atoms with van der Waals surface area (Å²) < 4.78 is 0. The molecule has 0 rings (SSSR count). The van der Waals surface area contributed by atoms with E-state index < -0.39 is 5.97 Å². The van der Waals surface area contributed by atoms with Gasteiger partial charge in [-0.05, 0) is 32.1 Å². The fraction of sp³-hybridized carbons (Fsp3) is 0.632. The Morgan fingerprint density at radius 3 is 2.55 bits per heavy atom. The maximum Gasteiger partial charge on any atom is 0.303 e. The number of aliphatic hydroxyl groups excluding tert-OH is 1. The molecule has 0 radical (unpaired) electrons. The highest BCUT2D eigenvalue weighted by Gasteiger charge is 1.96. The van der Waals surface area contributed by atoms with Crippen LogP contribution in [0.25, 0.3) is 0 Å². The van der Waals surface area contributed by atoms with Gasteiger partial charge >= 0.3 is 5.97 Å². The van der Waals surface area contributed by atoms with E-state index in [1.165, 1.54) is 12.8 Å². The van der Waals surface area contributed by atoms with Crippen molar-refractivity contribution in [2.45, 2.75) is 77.2 Å². The van der Waals surface area contributed by atoms with Crippen molar-refractivity contribution < 1.29 is 15.0 Å². The standard InChI is InChI=1S/C19H32O3/c1-2-3-12-15-18(20)16-13-10-8-6-4-5-7-9-11-14-17-19(21)22/h4-5,8,10,13,16,18,20H,2-3,6-7,9,11-12,14-15,17H2,1H3,(H,21,22). The Hall–Kier alpha value is -1.35. The summed E-state index contributed by atoms with van der Waals surface area (Å²) in [6.07, 6.45) is 21.0. The van der Waals surface area contributed by atoms with Crippen LogP contribution in [-0.4, -0.2) is 22.3 Å². The fourth-order valence-corrected chi connectivity index (χ4v) is 2.06. The number of carboxylic acids is 1. The van der Waals surface area contributed by atoms with Crippen LogP contribution in [0.2, 0.25) is 0 Å². The Balaban J connectivity index is 3.48. The summed E-state index contributed by atoms with van der Waals surface area (Å²) in [6.45, 7) is 2.16. The monoisotopic (exact) mass is 308 g/mol. The molecule has 0 aliphatic heterocycles. The third-order valence-electron chi connectivity index (χ3n) is 3.38. The fourth-order valence-electron chi connectivity index (χ4n) is 2.06. The molecule has 0 aliphatic carbocycles. The van der Waals surface area contributed by atoms with Crippen molar-refractivity contribution in [3.05, 3.63) is 36.5 Å². The second kappa shape index (κ2) is 16.0. The minimum atomic E-state index is -0.704. The quantitative estimate of drug-likeness (QED) is 0.269. The maximum absolute atomic E-state index is 10.3. The molecule has 0 bridgehead atoms. The van der Waals surface area contributed by atoms with Gasteiger partial charge in [0.2, 0.25) is 0 Å². The van der Waals surface area contributed by atoms with Crippen LogP contribution in [-0.2, 0) is 4.79 Å². The third-order valence-corrected chi connectivity index (χ3v) is 3.38. The van der Waals surface area contributed by atoms with E-state index in [2.05, 4.69) is 25.2 Å². The van der Waals surface area contributed by atoms with Gasteiger partial charge in [0.1, 0.15) is 0 Å². The van der Waals surface area contributed by atoms with E-state index in [4.69, 9.17) is 5.11 Å². The molecule has 126 valence electrons. The van der Waals surface area contributed by atoms with Crippen LogP contribution in [0.3, 0.4) is 0 Å². The summed E-state index contributed by atoms with van der Waals surface area (Å²) in [5.74, 6) is -0.704. The average molecular weight is 308 g/mol. The van der Waals surface area contributed by atoms with Crippen LogP contribution in [0.15, 0.2) is 36.5 Å². The summed E-state index contributed by atoms with van der Waals surface area (Å²) in [7, 11) is 0. The third kappa shape index (κ3) is 16.7. The number of carboxylic acid groups (broad SMARTS) is 1. The highest BCUT2D eigenvalue weighted by atomic mass is 16.4. The summed E-state index contributed by atoms with van der Waals surface area (Å²) in [4.78, 5) is 10.3. The Kier molecular flexibility index (Phi) is 15.0. The van der Waals surface area contributed by atoms with Crippen molar-refractivity contribution in [3.8, 4) is 0 Å². The maximum atomic E-state index is 10.3. The molecule has 22 heavy (non-hydrogen) atoms. The lowest BCUT2D eigenvalue weighted by atomic mass is 10.1. The highest BCUT2D eigenvalue weighted by Crippen LogP contribution is 2.05. The molecule has 1 unspecified atom stereocenters. The van der Waals surface area contributed by atoms with Crippen LogP contribution >= 0.6 is 0 Å². The van der Waals surface area contributed by atoms with Crippen LogP contribution in [0.1, 0.15) is 71.1 Å². The van der Waals surface area contributed by atoms with Crippen molar-refractivity contribution in [2.75, 3.05) is 0 Å². The van der Waals surface area contributed by atoms with E-state index in [0.717, 1.165) is 44.9 Å². The predicted molar refractivity (Wildman–Crippen MR) is 92.9 cm³/mol. The number of carbonyl (C=O) groups is 1. The van der Waals surface area contributed by atoms with Gasteiger partial charge in [0.15, 0.2) is 0 Å². The zero-order valence-corrected chi connectivity index (χ0v) is 13.9. The van der Waals surface area contributed by atoms with E-state index in [1.54, 1.807) is 0 Å². The van der Waals surface area contributed by atoms with Gasteiger partial charge in [-0.25, -0.2) is 0 Å². The molecule has 0 saturated heterocycles. The molecule has 0 spiro atoms. The normalized spacial score (nSPS) is 13.5. The Labute approximate surface area is 135 Å². The van der Waals surface area contributed by atoms with Crippen molar-refractivity contribution in [3.63, 3.8) is 0 Å². The molecule has 0 saturated carbocycles. The van der Waals surface area contributed by atoms with E-state index in [0.29, 0.717) is 0 Å². The molecular formula is C19H32O3. The van der Waals surface area contributed by atoms with E-state index in [9.17, 15) is 9.90 Å². The first kappa shape index (κ1) is 20.6. The topological polar surface area (TPSA) is 57.5 Å². The number of allylic oxidation sites excluding steroid dienone is 5. The molecule has 0 aromatic heterocycles. The minimum absolute atomic E-state index is 0.281. The molecule has 3 heteroatoms. The molecule has 2 N–H and O–H groups in total.